The highest BCUT2D eigenvalue weighted by Crippen LogP contribution is 2.38. The van der Waals surface area contributed by atoms with Crippen LogP contribution in [-0.4, -0.2) is 37.0 Å². The van der Waals surface area contributed by atoms with Gasteiger partial charge in [-0.15, -0.1) is 11.3 Å². The first-order valence-corrected chi connectivity index (χ1v) is 9.31. The molecule has 1 aromatic carbocycles. The quantitative estimate of drug-likeness (QED) is 0.903. The Kier molecular flexibility index (Phi) is 5.21. The molecule has 0 spiro atoms. The van der Waals surface area contributed by atoms with Crippen LogP contribution in [0.15, 0.2) is 35.7 Å². The van der Waals surface area contributed by atoms with Crippen molar-refractivity contribution < 1.29 is 14.8 Å². The fraction of sp³-hybridized carbons (Fsp3) is 0.421. The lowest BCUT2D eigenvalue weighted by atomic mass is 9.93. The van der Waals surface area contributed by atoms with E-state index in [9.17, 15) is 4.79 Å². The molecule has 2 N–H and O–H groups in total. The maximum Gasteiger partial charge on any atom is 0.278 e. The van der Waals surface area contributed by atoms with Crippen LogP contribution in [0.3, 0.4) is 0 Å². The molecule has 1 aliphatic heterocycles. The Morgan fingerprint density at radius 2 is 2.08 bits per heavy atom. The Labute approximate surface area is 147 Å². The Morgan fingerprint density at radius 1 is 1.33 bits per heavy atom. The normalized spacial score (nSPS) is 17.0. The molecule has 4 nitrogen and oxygen atoms in total. The molecule has 0 fully saturated rings. The van der Waals surface area contributed by atoms with Crippen molar-refractivity contribution in [2.45, 2.75) is 32.4 Å². The summed E-state index contributed by atoms with van der Waals surface area (Å²) in [7, 11) is 1.67. The molecule has 2 aromatic rings. The second-order valence-corrected chi connectivity index (χ2v) is 7.50. The van der Waals surface area contributed by atoms with Gasteiger partial charge in [-0.25, -0.2) is 0 Å². The Morgan fingerprint density at radius 3 is 2.75 bits per heavy atom. The van der Waals surface area contributed by atoms with Crippen molar-refractivity contribution in [1.82, 2.24) is 4.90 Å². The fourth-order valence-electron chi connectivity index (χ4n) is 3.18. The zero-order valence-electron chi connectivity index (χ0n) is 14.5. The van der Waals surface area contributed by atoms with Gasteiger partial charge < -0.3 is 15.0 Å². The molecule has 0 saturated carbocycles. The van der Waals surface area contributed by atoms with Crippen LogP contribution in [-0.2, 0) is 11.2 Å². The van der Waals surface area contributed by atoms with E-state index in [0.717, 1.165) is 24.3 Å². The Bertz CT molecular complexity index is 694. The van der Waals surface area contributed by atoms with Crippen molar-refractivity contribution in [1.29, 1.82) is 0 Å². The Hall–Kier alpha value is -1.85. The van der Waals surface area contributed by atoms with E-state index in [4.69, 9.17) is 4.74 Å². The second kappa shape index (κ2) is 7.36. The van der Waals surface area contributed by atoms with E-state index in [0.29, 0.717) is 12.6 Å². The number of carbonyl (C=O) groups is 1. The van der Waals surface area contributed by atoms with Gasteiger partial charge in [0.2, 0.25) is 0 Å². The molecular formula is C19H25N2O2S+. The van der Waals surface area contributed by atoms with Crippen LogP contribution in [0.5, 0.6) is 5.75 Å². The van der Waals surface area contributed by atoms with E-state index >= 15 is 0 Å². The molecule has 0 unspecified atom stereocenters. The first kappa shape index (κ1) is 17.0. The van der Waals surface area contributed by atoms with Crippen molar-refractivity contribution in [3.05, 3.63) is 51.7 Å². The van der Waals surface area contributed by atoms with Crippen molar-refractivity contribution >= 4 is 17.2 Å². The van der Waals surface area contributed by atoms with Gasteiger partial charge in [0.15, 0.2) is 6.54 Å². The number of rotatable bonds is 5. The molecule has 0 bridgehead atoms. The number of hydrogen-bond donors (Lipinski definition) is 1. The number of hydrogen-bond acceptors (Lipinski definition) is 3. The summed E-state index contributed by atoms with van der Waals surface area (Å²) in [4.78, 5) is 16.2. The average molecular weight is 345 g/mol. The van der Waals surface area contributed by atoms with Gasteiger partial charge in [-0.3, -0.25) is 4.79 Å². The summed E-state index contributed by atoms with van der Waals surface area (Å²) in [6, 6.07) is 10.7. The van der Waals surface area contributed by atoms with E-state index in [1.807, 2.05) is 17.0 Å². The first-order valence-electron chi connectivity index (χ1n) is 8.43. The number of nitrogens with zero attached hydrogens (tertiary/aromatic N) is 1. The van der Waals surface area contributed by atoms with Crippen LogP contribution in [0.1, 0.15) is 35.9 Å². The van der Waals surface area contributed by atoms with Crippen molar-refractivity contribution in [2.24, 2.45) is 0 Å². The van der Waals surface area contributed by atoms with Gasteiger partial charge in [-0.2, -0.15) is 0 Å². The largest absolute Gasteiger partial charge is 0.497 e. The number of ether oxygens (including phenoxy) is 1. The third-order valence-corrected chi connectivity index (χ3v) is 5.48. The van der Waals surface area contributed by atoms with Crippen molar-refractivity contribution in [2.75, 3.05) is 20.2 Å². The number of thiophene rings is 1. The third-order valence-electron chi connectivity index (χ3n) is 4.48. The molecule has 3 rings (SSSR count). The lowest BCUT2D eigenvalue weighted by Crippen LogP contribution is -2.90. The number of benzene rings is 1. The highest BCUT2D eigenvalue weighted by molar-refractivity contribution is 7.10. The van der Waals surface area contributed by atoms with Crippen LogP contribution >= 0.6 is 11.3 Å². The standard InChI is InChI=1S/C19H24N2O2S/c1-13(2)20-12-18(22)21-10-8-17-16(9-11-24-17)19(21)14-4-6-15(23-3)7-5-14/h4-7,9,11,13,19-20H,8,10,12H2,1-3H3/p+1/t19-/m0/s1. The predicted molar refractivity (Wildman–Crippen MR) is 96.5 cm³/mol. The van der Waals surface area contributed by atoms with Gasteiger partial charge in [0, 0.05) is 11.4 Å². The lowest BCUT2D eigenvalue weighted by Gasteiger charge is -2.36. The summed E-state index contributed by atoms with van der Waals surface area (Å²) in [6.45, 7) is 5.52. The van der Waals surface area contributed by atoms with Gasteiger partial charge in [0.1, 0.15) is 5.75 Å². The number of nitrogens with two attached hydrogens (primary N) is 1. The molecule has 0 saturated heterocycles. The molecular weight excluding hydrogens is 320 g/mol. The van der Waals surface area contributed by atoms with Crippen LogP contribution in [0, 0.1) is 0 Å². The minimum atomic E-state index is 0.0129. The van der Waals surface area contributed by atoms with E-state index < -0.39 is 0 Å². The fourth-order valence-corrected chi connectivity index (χ4v) is 4.09. The molecule has 5 heteroatoms. The topological polar surface area (TPSA) is 46.1 Å². The summed E-state index contributed by atoms with van der Waals surface area (Å²) in [5, 5.41) is 4.23. The minimum Gasteiger partial charge on any atom is -0.497 e. The van der Waals surface area contributed by atoms with E-state index in [1.54, 1.807) is 18.4 Å². The summed E-state index contributed by atoms with van der Waals surface area (Å²) in [5.41, 5.74) is 2.42. The molecule has 2 heterocycles. The molecule has 0 aliphatic carbocycles. The average Bonchev–Trinajstić information content (AvgIpc) is 3.07. The van der Waals surface area contributed by atoms with Crippen LogP contribution in [0.2, 0.25) is 0 Å². The number of carbonyl (C=O) groups excluding carboxylic acids is 1. The van der Waals surface area contributed by atoms with Gasteiger partial charge in [-0.1, -0.05) is 12.1 Å². The van der Waals surface area contributed by atoms with Crippen LogP contribution in [0.4, 0.5) is 0 Å². The van der Waals surface area contributed by atoms with Crippen molar-refractivity contribution in [3.63, 3.8) is 0 Å². The molecule has 1 aromatic heterocycles. The second-order valence-electron chi connectivity index (χ2n) is 6.50. The third kappa shape index (κ3) is 3.47. The minimum absolute atomic E-state index is 0.0129. The maximum absolute atomic E-state index is 12.8. The number of methoxy groups -OCH3 is 1. The summed E-state index contributed by atoms with van der Waals surface area (Å²) in [5.74, 6) is 1.05. The van der Waals surface area contributed by atoms with Gasteiger partial charge >= 0.3 is 0 Å². The van der Waals surface area contributed by atoms with E-state index in [1.165, 1.54) is 10.4 Å². The van der Waals surface area contributed by atoms with E-state index in [-0.39, 0.29) is 11.9 Å². The number of amides is 1. The zero-order chi connectivity index (χ0) is 17.1. The molecule has 1 atom stereocenters. The maximum atomic E-state index is 12.8. The molecule has 0 radical (unpaired) electrons. The molecule has 24 heavy (non-hydrogen) atoms. The molecule has 1 aliphatic rings. The monoisotopic (exact) mass is 345 g/mol. The highest BCUT2D eigenvalue weighted by Gasteiger charge is 2.33. The zero-order valence-corrected chi connectivity index (χ0v) is 15.3. The Balaban J connectivity index is 1.91. The van der Waals surface area contributed by atoms with E-state index in [2.05, 4.69) is 42.7 Å². The smallest absolute Gasteiger partial charge is 0.278 e. The molecule has 1 amide bonds. The van der Waals surface area contributed by atoms with Gasteiger partial charge in [-0.05, 0) is 55.0 Å². The van der Waals surface area contributed by atoms with Gasteiger partial charge in [0.05, 0.1) is 19.2 Å². The predicted octanol–water partition coefficient (Wildman–Crippen LogP) is 2.20. The van der Waals surface area contributed by atoms with Crippen LogP contribution < -0.4 is 10.1 Å². The molecule has 128 valence electrons. The van der Waals surface area contributed by atoms with Crippen molar-refractivity contribution in [3.8, 4) is 5.75 Å². The highest BCUT2D eigenvalue weighted by atomic mass is 32.1. The summed E-state index contributed by atoms with van der Waals surface area (Å²) >= 11 is 1.79. The SMILES string of the molecule is COc1ccc([C@H]2c3ccsc3CCN2C(=O)C[NH2+]C(C)C)cc1. The number of quaternary nitrogens is 1. The number of fused-ring (bicyclic) bond motifs is 1. The van der Waals surface area contributed by atoms with Crippen LogP contribution in [0.25, 0.3) is 0 Å². The summed E-state index contributed by atoms with van der Waals surface area (Å²) in [6.07, 6.45) is 0.951. The van der Waals surface area contributed by atoms with Gasteiger partial charge in [0.25, 0.3) is 5.91 Å². The summed E-state index contributed by atoms with van der Waals surface area (Å²) < 4.78 is 5.27. The first-order chi connectivity index (χ1) is 11.6. The lowest BCUT2D eigenvalue weighted by molar-refractivity contribution is -0.673.